The molecule has 0 spiro atoms. The molecular formula is C11H18O3. The van der Waals surface area contributed by atoms with Crippen molar-refractivity contribution in [2.24, 2.45) is 11.8 Å². The first-order valence-electron chi connectivity index (χ1n) is 5.52. The predicted molar refractivity (Wildman–Crippen MR) is 52.1 cm³/mol. The number of ketones is 1. The lowest BCUT2D eigenvalue weighted by atomic mass is 9.88. The number of carbonyl (C=O) groups excluding carboxylic acids is 1. The molecule has 2 atom stereocenters. The van der Waals surface area contributed by atoms with E-state index in [4.69, 9.17) is 9.47 Å². The van der Waals surface area contributed by atoms with Gasteiger partial charge in [-0.2, -0.15) is 0 Å². The van der Waals surface area contributed by atoms with E-state index in [-0.39, 0.29) is 12.0 Å². The van der Waals surface area contributed by atoms with E-state index >= 15 is 0 Å². The lowest BCUT2D eigenvalue weighted by Gasteiger charge is -2.24. The van der Waals surface area contributed by atoms with Crippen LogP contribution in [0.1, 0.15) is 26.2 Å². The Bertz CT molecular complexity index is 209. The topological polar surface area (TPSA) is 35.5 Å². The van der Waals surface area contributed by atoms with Gasteiger partial charge in [0.1, 0.15) is 6.10 Å². The fourth-order valence-corrected chi connectivity index (χ4v) is 2.27. The summed E-state index contributed by atoms with van der Waals surface area (Å²) in [5.41, 5.74) is 0. The van der Waals surface area contributed by atoms with Crippen molar-refractivity contribution in [2.45, 2.75) is 32.3 Å². The number of Topliss-reactive ketones (excluding diaryl/α,β-unsaturated/α-hetero) is 1. The molecule has 0 aromatic rings. The van der Waals surface area contributed by atoms with E-state index in [9.17, 15) is 4.79 Å². The van der Waals surface area contributed by atoms with Crippen molar-refractivity contribution in [1.82, 2.24) is 0 Å². The Kier molecular flexibility index (Phi) is 3.19. The Labute approximate surface area is 84.8 Å². The minimum absolute atomic E-state index is 0.127. The summed E-state index contributed by atoms with van der Waals surface area (Å²) in [4.78, 5) is 12.0. The number of carbonyl (C=O) groups is 1. The zero-order valence-corrected chi connectivity index (χ0v) is 8.70. The van der Waals surface area contributed by atoms with E-state index in [0.717, 1.165) is 39.1 Å². The summed E-state index contributed by atoms with van der Waals surface area (Å²) in [5, 5.41) is 0. The highest BCUT2D eigenvalue weighted by molar-refractivity contribution is 5.86. The van der Waals surface area contributed by atoms with Crippen LogP contribution in [0, 0.1) is 11.8 Å². The second-order valence-corrected chi connectivity index (χ2v) is 4.35. The summed E-state index contributed by atoms with van der Waals surface area (Å²) in [6, 6.07) is 0. The van der Waals surface area contributed by atoms with Crippen LogP contribution in [-0.4, -0.2) is 31.7 Å². The van der Waals surface area contributed by atoms with Gasteiger partial charge in [0.15, 0.2) is 5.78 Å². The molecule has 80 valence electrons. The fourth-order valence-electron chi connectivity index (χ4n) is 2.27. The molecule has 0 N–H and O–H groups in total. The summed E-state index contributed by atoms with van der Waals surface area (Å²) < 4.78 is 10.7. The van der Waals surface area contributed by atoms with Gasteiger partial charge in [0, 0.05) is 25.7 Å². The van der Waals surface area contributed by atoms with Crippen LogP contribution in [-0.2, 0) is 14.3 Å². The Hall–Kier alpha value is -0.410. The zero-order valence-electron chi connectivity index (χ0n) is 8.70. The summed E-state index contributed by atoms with van der Waals surface area (Å²) in [6.45, 7) is 4.32. The minimum atomic E-state index is -0.127. The van der Waals surface area contributed by atoms with Gasteiger partial charge in [-0.1, -0.05) is 6.92 Å². The van der Waals surface area contributed by atoms with Crippen molar-refractivity contribution in [3.63, 3.8) is 0 Å². The summed E-state index contributed by atoms with van der Waals surface area (Å²) in [6.07, 6.45) is 2.66. The van der Waals surface area contributed by atoms with Crippen LogP contribution in [0.15, 0.2) is 0 Å². The summed E-state index contributed by atoms with van der Waals surface area (Å²) in [7, 11) is 0. The first kappa shape index (κ1) is 10.1. The molecule has 0 radical (unpaired) electrons. The molecule has 2 aliphatic rings. The van der Waals surface area contributed by atoms with Gasteiger partial charge in [-0.25, -0.2) is 0 Å². The second-order valence-electron chi connectivity index (χ2n) is 4.35. The molecule has 3 heteroatoms. The standard InChI is InChI=1S/C11H18O3/c1-8-2-7-14-11(8)10(12)9-3-5-13-6-4-9/h8-9,11H,2-7H2,1H3. The van der Waals surface area contributed by atoms with Crippen LogP contribution in [0.3, 0.4) is 0 Å². The molecule has 0 aromatic carbocycles. The Morgan fingerprint density at radius 1 is 1.14 bits per heavy atom. The van der Waals surface area contributed by atoms with Crippen LogP contribution >= 0.6 is 0 Å². The summed E-state index contributed by atoms with van der Waals surface area (Å²) >= 11 is 0. The Morgan fingerprint density at radius 3 is 2.43 bits per heavy atom. The highest BCUT2D eigenvalue weighted by Crippen LogP contribution is 2.26. The molecule has 0 amide bonds. The van der Waals surface area contributed by atoms with E-state index in [1.807, 2.05) is 0 Å². The van der Waals surface area contributed by atoms with Gasteiger partial charge in [-0.05, 0) is 25.2 Å². The monoisotopic (exact) mass is 198 g/mol. The Balaban J connectivity index is 1.92. The largest absolute Gasteiger partial charge is 0.381 e. The number of ether oxygens (including phenoxy) is 2. The van der Waals surface area contributed by atoms with Gasteiger partial charge in [0.2, 0.25) is 0 Å². The molecule has 0 aliphatic carbocycles. The normalized spacial score (nSPS) is 34.6. The van der Waals surface area contributed by atoms with Gasteiger partial charge < -0.3 is 9.47 Å². The highest BCUT2D eigenvalue weighted by atomic mass is 16.5. The molecule has 0 aromatic heterocycles. The third kappa shape index (κ3) is 1.98. The van der Waals surface area contributed by atoms with Gasteiger partial charge in [-0.15, -0.1) is 0 Å². The van der Waals surface area contributed by atoms with Crippen molar-refractivity contribution < 1.29 is 14.3 Å². The third-order valence-corrected chi connectivity index (χ3v) is 3.29. The zero-order chi connectivity index (χ0) is 9.97. The molecule has 2 heterocycles. The van der Waals surface area contributed by atoms with Crippen LogP contribution < -0.4 is 0 Å². The number of rotatable bonds is 2. The van der Waals surface area contributed by atoms with Gasteiger partial charge >= 0.3 is 0 Å². The van der Waals surface area contributed by atoms with E-state index in [2.05, 4.69) is 6.92 Å². The van der Waals surface area contributed by atoms with E-state index in [1.165, 1.54) is 0 Å². The van der Waals surface area contributed by atoms with E-state index < -0.39 is 0 Å². The quantitative estimate of drug-likeness (QED) is 0.673. The van der Waals surface area contributed by atoms with Crippen molar-refractivity contribution >= 4 is 5.78 Å². The molecule has 2 saturated heterocycles. The first-order valence-corrected chi connectivity index (χ1v) is 5.52. The Morgan fingerprint density at radius 2 is 1.86 bits per heavy atom. The van der Waals surface area contributed by atoms with E-state index in [1.54, 1.807) is 0 Å². The highest BCUT2D eigenvalue weighted by Gasteiger charge is 2.35. The third-order valence-electron chi connectivity index (χ3n) is 3.29. The smallest absolute Gasteiger partial charge is 0.165 e. The lowest BCUT2D eigenvalue weighted by Crippen LogP contribution is -2.34. The van der Waals surface area contributed by atoms with Crippen molar-refractivity contribution in [2.75, 3.05) is 19.8 Å². The number of hydrogen-bond donors (Lipinski definition) is 0. The molecule has 2 rings (SSSR count). The maximum atomic E-state index is 12.0. The minimum Gasteiger partial charge on any atom is -0.381 e. The predicted octanol–water partition coefficient (Wildman–Crippen LogP) is 1.41. The number of hydrogen-bond acceptors (Lipinski definition) is 3. The van der Waals surface area contributed by atoms with E-state index in [0.29, 0.717) is 11.7 Å². The van der Waals surface area contributed by atoms with Crippen LogP contribution in [0.25, 0.3) is 0 Å². The van der Waals surface area contributed by atoms with Gasteiger partial charge in [-0.3, -0.25) is 4.79 Å². The van der Waals surface area contributed by atoms with Crippen LogP contribution in [0.5, 0.6) is 0 Å². The maximum absolute atomic E-state index is 12.0. The molecule has 2 fully saturated rings. The lowest BCUT2D eigenvalue weighted by molar-refractivity contribution is -0.136. The van der Waals surface area contributed by atoms with Crippen LogP contribution in [0.4, 0.5) is 0 Å². The average Bonchev–Trinajstić information content (AvgIpc) is 2.65. The van der Waals surface area contributed by atoms with Crippen molar-refractivity contribution in [3.05, 3.63) is 0 Å². The molecule has 0 saturated carbocycles. The molecule has 0 bridgehead atoms. The van der Waals surface area contributed by atoms with Crippen molar-refractivity contribution in [3.8, 4) is 0 Å². The first-order chi connectivity index (χ1) is 6.79. The van der Waals surface area contributed by atoms with Crippen molar-refractivity contribution in [1.29, 1.82) is 0 Å². The van der Waals surface area contributed by atoms with Gasteiger partial charge in [0.25, 0.3) is 0 Å². The molecule has 2 unspecified atom stereocenters. The SMILES string of the molecule is CC1CCOC1C(=O)C1CCOCC1. The fraction of sp³-hybridized carbons (Fsp3) is 0.909. The summed E-state index contributed by atoms with van der Waals surface area (Å²) in [5.74, 6) is 0.915. The average molecular weight is 198 g/mol. The molecule has 14 heavy (non-hydrogen) atoms. The molecule has 3 nitrogen and oxygen atoms in total. The maximum Gasteiger partial charge on any atom is 0.165 e. The van der Waals surface area contributed by atoms with Gasteiger partial charge in [0.05, 0.1) is 0 Å². The molecular weight excluding hydrogens is 180 g/mol. The molecule has 2 aliphatic heterocycles. The second kappa shape index (κ2) is 4.41. The van der Waals surface area contributed by atoms with Crippen LogP contribution in [0.2, 0.25) is 0 Å².